The summed E-state index contributed by atoms with van der Waals surface area (Å²) in [4.78, 5) is 12.4. The van der Waals surface area contributed by atoms with Crippen molar-refractivity contribution in [2.24, 2.45) is 17.3 Å². The van der Waals surface area contributed by atoms with Gasteiger partial charge in [-0.2, -0.15) is 0 Å². The summed E-state index contributed by atoms with van der Waals surface area (Å²) >= 11 is 0. The van der Waals surface area contributed by atoms with Crippen LogP contribution in [0.25, 0.3) is 0 Å². The van der Waals surface area contributed by atoms with E-state index in [1.165, 1.54) is 12.1 Å². The third-order valence-electron chi connectivity index (χ3n) is 6.14. The molecule has 2 fully saturated rings. The summed E-state index contributed by atoms with van der Waals surface area (Å²) in [7, 11) is 0. The zero-order chi connectivity index (χ0) is 18.2. The van der Waals surface area contributed by atoms with E-state index in [0.717, 1.165) is 37.7 Å². The summed E-state index contributed by atoms with van der Waals surface area (Å²) in [5.41, 5.74) is 0.391. The van der Waals surface area contributed by atoms with Crippen LogP contribution in [0.3, 0.4) is 0 Å². The number of hydrogen-bond acceptors (Lipinski definition) is 2. The Morgan fingerprint density at radius 1 is 1.32 bits per heavy atom. The number of halogens is 1. The molecular formula is C21H30FNO2. The Balaban J connectivity index is 1.47. The van der Waals surface area contributed by atoms with Gasteiger partial charge in [-0.1, -0.05) is 32.9 Å². The van der Waals surface area contributed by atoms with E-state index < -0.39 is 5.60 Å². The second-order valence-electron chi connectivity index (χ2n) is 9.09. The highest BCUT2D eigenvalue weighted by molar-refractivity contribution is 5.82. The zero-order valence-corrected chi connectivity index (χ0v) is 15.5. The quantitative estimate of drug-likeness (QED) is 0.864. The van der Waals surface area contributed by atoms with Crippen LogP contribution in [-0.2, 0) is 4.79 Å². The van der Waals surface area contributed by atoms with E-state index in [4.69, 9.17) is 0 Å². The van der Waals surface area contributed by atoms with E-state index in [-0.39, 0.29) is 29.0 Å². The van der Waals surface area contributed by atoms with Crippen LogP contribution in [0.2, 0.25) is 0 Å². The molecule has 25 heavy (non-hydrogen) atoms. The van der Waals surface area contributed by atoms with Crippen molar-refractivity contribution in [3.8, 4) is 0 Å². The Bertz CT molecular complexity index is 629. The van der Waals surface area contributed by atoms with Crippen molar-refractivity contribution in [1.82, 2.24) is 5.32 Å². The minimum Gasteiger partial charge on any atom is -0.388 e. The Morgan fingerprint density at radius 3 is 2.60 bits per heavy atom. The molecule has 2 aliphatic rings. The maximum absolute atomic E-state index is 13.3. The molecule has 138 valence electrons. The predicted octanol–water partition coefficient (Wildman–Crippen LogP) is 4.01. The number of hydrogen-bond donors (Lipinski definition) is 2. The summed E-state index contributed by atoms with van der Waals surface area (Å²) in [6.45, 7) is 7.09. The van der Waals surface area contributed by atoms with Crippen molar-refractivity contribution >= 4 is 5.91 Å². The maximum atomic E-state index is 13.3. The summed E-state index contributed by atoms with van der Waals surface area (Å²) < 4.78 is 13.3. The Kier molecular flexibility index (Phi) is 4.93. The fourth-order valence-electron chi connectivity index (χ4n) is 4.17. The molecule has 0 unspecified atom stereocenters. The van der Waals surface area contributed by atoms with Gasteiger partial charge in [0.15, 0.2) is 0 Å². The zero-order valence-electron chi connectivity index (χ0n) is 15.5. The highest BCUT2D eigenvalue weighted by Crippen LogP contribution is 2.48. The Morgan fingerprint density at radius 2 is 2.00 bits per heavy atom. The molecule has 0 bridgehead atoms. The lowest BCUT2D eigenvalue weighted by molar-refractivity contribution is -0.124. The first-order chi connectivity index (χ1) is 11.7. The number of carbonyl (C=O) groups is 1. The molecule has 1 aromatic carbocycles. The van der Waals surface area contributed by atoms with Crippen molar-refractivity contribution in [2.75, 3.05) is 6.54 Å². The molecule has 0 saturated heterocycles. The van der Waals surface area contributed by atoms with Crippen LogP contribution in [0.15, 0.2) is 24.3 Å². The number of aliphatic hydroxyl groups is 1. The van der Waals surface area contributed by atoms with Gasteiger partial charge in [0.2, 0.25) is 5.91 Å². The molecule has 0 heterocycles. The molecule has 1 amide bonds. The molecule has 0 aromatic heterocycles. The maximum Gasteiger partial charge on any atom is 0.223 e. The highest BCUT2D eigenvalue weighted by Gasteiger charge is 2.45. The van der Waals surface area contributed by atoms with Crippen LogP contribution in [0.1, 0.15) is 64.4 Å². The van der Waals surface area contributed by atoms with E-state index in [2.05, 4.69) is 26.1 Å². The lowest BCUT2D eigenvalue weighted by Gasteiger charge is -2.41. The molecule has 4 heteroatoms. The van der Waals surface area contributed by atoms with Crippen LogP contribution in [0, 0.1) is 23.1 Å². The molecule has 1 aromatic rings. The number of nitrogens with one attached hydrogen (secondary N) is 1. The minimum absolute atomic E-state index is 0.0133. The van der Waals surface area contributed by atoms with E-state index in [0.29, 0.717) is 12.5 Å². The molecule has 0 spiro atoms. The van der Waals surface area contributed by atoms with Crippen LogP contribution in [-0.4, -0.2) is 23.2 Å². The molecule has 0 radical (unpaired) electrons. The van der Waals surface area contributed by atoms with E-state index in [1.54, 1.807) is 6.07 Å². The fraction of sp³-hybridized carbons (Fsp3) is 0.667. The number of benzene rings is 1. The van der Waals surface area contributed by atoms with Gasteiger partial charge < -0.3 is 10.4 Å². The normalized spacial score (nSPS) is 32.3. The Labute approximate surface area is 150 Å². The SMILES string of the molecule is CC(C)(C)C1CCC(O)(CNC(=O)[C@@H]2C[C@@H]2c2cccc(F)c2)CC1. The molecule has 3 rings (SSSR count). The molecule has 3 nitrogen and oxygen atoms in total. The van der Waals surface area contributed by atoms with Crippen LogP contribution < -0.4 is 5.32 Å². The smallest absolute Gasteiger partial charge is 0.223 e. The fourth-order valence-corrected chi connectivity index (χ4v) is 4.17. The lowest BCUT2D eigenvalue weighted by Crippen LogP contribution is -2.47. The van der Waals surface area contributed by atoms with Crippen LogP contribution in [0.5, 0.6) is 0 Å². The highest BCUT2D eigenvalue weighted by atomic mass is 19.1. The summed E-state index contributed by atoms with van der Waals surface area (Å²) in [6, 6.07) is 6.50. The standard InChI is InChI=1S/C21H30FNO2/c1-20(2,3)15-7-9-21(25,10-8-15)13-23-19(24)18-12-17(18)14-5-4-6-16(22)11-14/h4-6,11,15,17-18,25H,7-10,12-13H2,1-3H3,(H,23,24)/t15?,17-,18-,21?/m1/s1. The minimum atomic E-state index is -0.777. The first-order valence-electron chi connectivity index (χ1n) is 9.43. The van der Waals surface area contributed by atoms with Crippen LogP contribution >= 0.6 is 0 Å². The Hall–Kier alpha value is -1.42. The van der Waals surface area contributed by atoms with Gasteiger partial charge in [0.1, 0.15) is 5.82 Å². The average Bonchev–Trinajstić information content (AvgIpc) is 3.33. The van der Waals surface area contributed by atoms with Gasteiger partial charge in [0, 0.05) is 12.5 Å². The first-order valence-corrected chi connectivity index (χ1v) is 9.43. The van der Waals surface area contributed by atoms with Gasteiger partial charge in [0.25, 0.3) is 0 Å². The van der Waals surface area contributed by atoms with Crippen molar-refractivity contribution in [3.63, 3.8) is 0 Å². The number of amides is 1. The molecule has 2 N–H and O–H groups in total. The van der Waals surface area contributed by atoms with Gasteiger partial charge in [-0.15, -0.1) is 0 Å². The molecule has 2 saturated carbocycles. The molecule has 0 aliphatic heterocycles. The second-order valence-corrected chi connectivity index (χ2v) is 9.09. The van der Waals surface area contributed by atoms with E-state index in [9.17, 15) is 14.3 Å². The first kappa shape index (κ1) is 18.4. The molecule has 2 aliphatic carbocycles. The third kappa shape index (κ3) is 4.41. The molecule has 2 atom stereocenters. The second kappa shape index (κ2) is 6.71. The van der Waals surface area contributed by atoms with Gasteiger partial charge in [-0.3, -0.25) is 4.79 Å². The summed E-state index contributed by atoms with van der Waals surface area (Å²) in [5, 5.41) is 13.7. The topological polar surface area (TPSA) is 49.3 Å². The van der Waals surface area contributed by atoms with E-state index >= 15 is 0 Å². The summed E-state index contributed by atoms with van der Waals surface area (Å²) in [5.74, 6) is 0.386. The largest absolute Gasteiger partial charge is 0.388 e. The number of carbonyl (C=O) groups excluding carboxylic acids is 1. The summed E-state index contributed by atoms with van der Waals surface area (Å²) in [6.07, 6.45) is 4.26. The van der Waals surface area contributed by atoms with Crippen molar-refractivity contribution < 1.29 is 14.3 Å². The van der Waals surface area contributed by atoms with Crippen molar-refractivity contribution in [2.45, 2.75) is 64.4 Å². The predicted molar refractivity (Wildman–Crippen MR) is 96.6 cm³/mol. The third-order valence-corrected chi connectivity index (χ3v) is 6.14. The van der Waals surface area contributed by atoms with Gasteiger partial charge >= 0.3 is 0 Å². The van der Waals surface area contributed by atoms with Crippen molar-refractivity contribution in [1.29, 1.82) is 0 Å². The van der Waals surface area contributed by atoms with Gasteiger partial charge in [0.05, 0.1) is 5.60 Å². The van der Waals surface area contributed by atoms with Gasteiger partial charge in [-0.25, -0.2) is 4.39 Å². The average molecular weight is 347 g/mol. The number of rotatable bonds is 4. The monoisotopic (exact) mass is 347 g/mol. The van der Waals surface area contributed by atoms with E-state index in [1.807, 2.05) is 6.07 Å². The lowest BCUT2D eigenvalue weighted by atomic mass is 9.68. The van der Waals surface area contributed by atoms with Crippen molar-refractivity contribution in [3.05, 3.63) is 35.6 Å². The van der Waals surface area contributed by atoms with Crippen LogP contribution in [0.4, 0.5) is 4.39 Å². The molecular weight excluding hydrogens is 317 g/mol. The van der Waals surface area contributed by atoms with Gasteiger partial charge in [-0.05, 0) is 67.1 Å².